The first kappa shape index (κ1) is 12.8. The number of hydrogen-bond acceptors (Lipinski definition) is 3. The number of carbonyl (C=O) groups excluding carboxylic acids is 1. The molecule has 1 amide bonds. The van der Waals surface area contributed by atoms with Crippen LogP contribution < -0.4 is 10.6 Å². The van der Waals surface area contributed by atoms with E-state index < -0.39 is 0 Å². The van der Waals surface area contributed by atoms with E-state index in [-0.39, 0.29) is 18.1 Å². The van der Waals surface area contributed by atoms with E-state index in [0.717, 1.165) is 32.5 Å². The molecule has 0 radical (unpaired) electrons. The second-order valence-corrected chi connectivity index (χ2v) is 5.51. The van der Waals surface area contributed by atoms with Gasteiger partial charge in [-0.05, 0) is 38.6 Å². The second-order valence-electron chi connectivity index (χ2n) is 5.51. The summed E-state index contributed by atoms with van der Waals surface area (Å²) in [6, 6.07) is 0.0105. The van der Waals surface area contributed by atoms with Crippen LogP contribution in [0.2, 0.25) is 0 Å². The number of nitrogens with one attached hydrogen (secondary N) is 2. The molecule has 2 aliphatic heterocycles. The average molecular weight is 240 g/mol. The highest BCUT2D eigenvalue weighted by Crippen LogP contribution is 2.20. The zero-order chi connectivity index (χ0) is 12.3. The third kappa shape index (κ3) is 3.42. The highest BCUT2D eigenvalue weighted by Gasteiger charge is 2.27. The van der Waals surface area contributed by atoms with Crippen molar-refractivity contribution in [3.05, 3.63) is 0 Å². The van der Waals surface area contributed by atoms with Crippen molar-refractivity contribution in [3.8, 4) is 0 Å². The predicted octanol–water partition coefficient (Wildman–Crippen LogP) is 0.916. The van der Waals surface area contributed by atoms with Gasteiger partial charge in [0, 0.05) is 19.1 Å². The smallest absolute Gasteiger partial charge is 0.237 e. The first-order valence-electron chi connectivity index (χ1n) is 6.79. The number of hydrogen-bond donors (Lipinski definition) is 2. The highest BCUT2D eigenvalue weighted by atomic mass is 16.5. The molecule has 0 aromatic rings. The van der Waals surface area contributed by atoms with Crippen LogP contribution >= 0.6 is 0 Å². The van der Waals surface area contributed by atoms with E-state index in [2.05, 4.69) is 24.5 Å². The van der Waals surface area contributed by atoms with Gasteiger partial charge in [0.15, 0.2) is 0 Å². The molecule has 2 N–H and O–H groups in total. The van der Waals surface area contributed by atoms with Crippen LogP contribution in [0.3, 0.4) is 0 Å². The standard InChI is InChI=1S/C13H24N2O2/c1-9-3-5-14-12(7-9)13(16)15-8-11-4-6-17-10(11)2/h9-12,14H,3-8H2,1-2H3,(H,15,16). The van der Waals surface area contributed by atoms with Gasteiger partial charge in [-0.2, -0.15) is 0 Å². The summed E-state index contributed by atoms with van der Waals surface area (Å²) in [5, 5.41) is 6.36. The number of carbonyl (C=O) groups is 1. The molecule has 98 valence electrons. The molecule has 0 aromatic heterocycles. The number of rotatable bonds is 3. The Bertz CT molecular complexity index is 270. The van der Waals surface area contributed by atoms with Crippen molar-refractivity contribution in [3.63, 3.8) is 0 Å². The van der Waals surface area contributed by atoms with Crippen molar-refractivity contribution >= 4 is 5.91 Å². The summed E-state index contributed by atoms with van der Waals surface area (Å²) in [5.41, 5.74) is 0. The zero-order valence-corrected chi connectivity index (χ0v) is 10.9. The fraction of sp³-hybridized carbons (Fsp3) is 0.923. The lowest BCUT2D eigenvalue weighted by Gasteiger charge is -2.27. The summed E-state index contributed by atoms with van der Waals surface area (Å²) < 4.78 is 5.49. The zero-order valence-electron chi connectivity index (χ0n) is 10.9. The van der Waals surface area contributed by atoms with Crippen LogP contribution in [0.25, 0.3) is 0 Å². The SMILES string of the molecule is CC1CCNC(C(=O)NCC2CCOC2C)C1. The molecule has 0 spiro atoms. The predicted molar refractivity (Wildman–Crippen MR) is 66.7 cm³/mol. The van der Waals surface area contributed by atoms with E-state index in [4.69, 9.17) is 4.74 Å². The van der Waals surface area contributed by atoms with Crippen molar-refractivity contribution < 1.29 is 9.53 Å². The third-order valence-electron chi connectivity index (χ3n) is 4.05. The molecule has 4 atom stereocenters. The molecule has 0 saturated carbocycles. The minimum atomic E-state index is 0.0105. The minimum absolute atomic E-state index is 0.0105. The van der Waals surface area contributed by atoms with Crippen LogP contribution in [0, 0.1) is 11.8 Å². The Morgan fingerprint density at radius 2 is 2.24 bits per heavy atom. The van der Waals surface area contributed by atoms with E-state index in [1.165, 1.54) is 6.42 Å². The van der Waals surface area contributed by atoms with Gasteiger partial charge in [0.1, 0.15) is 0 Å². The van der Waals surface area contributed by atoms with Gasteiger partial charge in [0.25, 0.3) is 0 Å². The summed E-state index contributed by atoms with van der Waals surface area (Å²) in [4.78, 5) is 12.0. The van der Waals surface area contributed by atoms with E-state index >= 15 is 0 Å². The Labute approximate surface area is 103 Å². The first-order chi connectivity index (χ1) is 8.16. The van der Waals surface area contributed by atoms with E-state index in [9.17, 15) is 4.79 Å². The Morgan fingerprint density at radius 1 is 1.41 bits per heavy atom. The lowest BCUT2D eigenvalue weighted by atomic mass is 9.93. The molecule has 4 heteroatoms. The molecule has 0 bridgehead atoms. The fourth-order valence-electron chi connectivity index (χ4n) is 2.71. The van der Waals surface area contributed by atoms with Gasteiger partial charge in [-0.25, -0.2) is 0 Å². The van der Waals surface area contributed by atoms with Crippen LogP contribution in [0.15, 0.2) is 0 Å². The monoisotopic (exact) mass is 240 g/mol. The van der Waals surface area contributed by atoms with Crippen molar-refractivity contribution in [2.75, 3.05) is 19.7 Å². The normalized spacial score (nSPS) is 38.0. The van der Waals surface area contributed by atoms with Crippen LogP contribution in [0.1, 0.15) is 33.1 Å². The molecule has 4 unspecified atom stereocenters. The summed E-state index contributed by atoms with van der Waals surface area (Å²) in [6.07, 6.45) is 3.49. The molecule has 0 aromatic carbocycles. The molecular formula is C13H24N2O2. The fourth-order valence-corrected chi connectivity index (χ4v) is 2.71. The first-order valence-corrected chi connectivity index (χ1v) is 6.79. The van der Waals surface area contributed by atoms with Gasteiger partial charge in [-0.3, -0.25) is 4.79 Å². The topological polar surface area (TPSA) is 50.4 Å². The van der Waals surface area contributed by atoms with Crippen molar-refractivity contribution in [2.24, 2.45) is 11.8 Å². The molecule has 2 rings (SSSR count). The van der Waals surface area contributed by atoms with Gasteiger partial charge in [-0.1, -0.05) is 6.92 Å². The molecule has 2 fully saturated rings. The molecule has 2 saturated heterocycles. The van der Waals surface area contributed by atoms with Gasteiger partial charge >= 0.3 is 0 Å². The van der Waals surface area contributed by atoms with Crippen molar-refractivity contribution in [1.82, 2.24) is 10.6 Å². The van der Waals surface area contributed by atoms with E-state index in [1.54, 1.807) is 0 Å². The molecular weight excluding hydrogens is 216 g/mol. The van der Waals surface area contributed by atoms with Crippen LogP contribution in [-0.4, -0.2) is 37.7 Å². The Balaban J connectivity index is 1.73. The maximum Gasteiger partial charge on any atom is 0.237 e. The summed E-state index contributed by atoms with van der Waals surface area (Å²) in [7, 11) is 0. The molecule has 2 aliphatic rings. The lowest BCUT2D eigenvalue weighted by molar-refractivity contribution is -0.124. The van der Waals surface area contributed by atoms with Gasteiger partial charge in [0.2, 0.25) is 5.91 Å². The minimum Gasteiger partial charge on any atom is -0.378 e. The van der Waals surface area contributed by atoms with E-state index in [1.807, 2.05) is 0 Å². The van der Waals surface area contributed by atoms with Crippen LogP contribution in [0.5, 0.6) is 0 Å². The lowest BCUT2D eigenvalue weighted by Crippen LogP contribution is -2.49. The summed E-state index contributed by atoms with van der Waals surface area (Å²) in [5.74, 6) is 1.30. The summed E-state index contributed by atoms with van der Waals surface area (Å²) in [6.45, 7) is 6.86. The number of ether oxygens (including phenoxy) is 1. The maximum atomic E-state index is 12.0. The largest absolute Gasteiger partial charge is 0.378 e. The Kier molecular flexibility index (Phi) is 4.40. The molecule has 2 heterocycles. The second kappa shape index (κ2) is 5.83. The molecule has 17 heavy (non-hydrogen) atoms. The third-order valence-corrected chi connectivity index (χ3v) is 4.05. The Hall–Kier alpha value is -0.610. The van der Waals surface area contributed by atoms with Crippen molar-refractivity contribution in [1.29, 1.82) is 0 Å². The van der Waals surface area contributed by atoms with Crippen molar-refractivity contribution in [2.45, 2.75) is 45.3 Å². The molecule has 0 aliphatic carbocycles. The molecule has 4 nitrogen and oxygen atoms in total. The number of piperidine rings is 1. The van der Waals surface area contributed by atoms with Crippen LogP contribution in [-0.2, 0) is 9.53 Å². The van der Waals surface area contributed by atoms with Gasteiger partial charge in [0.05, 0.1) is 12.1 Å². The quantitative estimate of drug-likeness (QED) is 0.771. The Morgan fingerprint density at radius 3 is 2.88 bits per heavy atom. The average Bonchev–Trinajstić information content (AvgIpc) is 2.72. The number of amides is 1. The van der Waals surface area contributed by atoms with E-state index in [0.29, 0.717) is 11.8 Å². The van der Waals surface area contributed by atoms with Gasteiger partial charge in [-0.15, -0.1) is 0 Å². The van der Waals surface area contributed by atoms with Crippen LogP contribution in [0.4, 0.5) is 0 Å². The van der Waals surface area contributed by atoms with Gasteiger partial charge < -0.3 is 15.4 Å². The maximum absolute atomic E-state index is 12.0. The highest BCUT2D eigenvalue weighted by molar-refractivity contribution is 5.81. The summed E-state index contributed by atoms with van der Waals surface area (Å²) >= 11 is 0.